The van der Waals surface area contributed by atoms with Crippen LogP contribution in [0.15, 0.2) is 42.5 Å². The highest BCUT2D eigenvalue weighted by Crippen LogP contribution is 2.42. The van der Waals surface area contributed by atoms with E-state index >= 15 is 4.39 Å². The average molecular weight is 721 g/mol. The molecule has 0 aromatic heterocycles. The van der Waals surface area contributed by atoms with E-state index in [1.807, 2.05) is 24.3 Å². The number of hydrogen-bond acceptors (Lipinski definition) is 7. The number of carbonyl (C=O) groups excluding carboxylic acids is 1. The van der Waals surface area contributed by atoms with E-state index in [0.29, 0.717) is 23.9 Å². The van der Waals surface area contributed by atoms with E-state index in [-0.39, 0.29) is 42.6 Å². The fourth-order valence-corrected chi connectivity index (χ4v) is 9.94. The number of likely N-dealkylation sites (N-methyl/N-ethyl adjacent to an activating group) is 1. The lowest BCUT2D eigenvalue weighted by atomic mass is 9.72. The molecule has 0 radical (unpaired) electrons. The van der Waals surface area contributed by atoms with Crippen molar-refractivity contribution in [2.45, 2.75) is 152 Å². The molecule has 1 amide bonds. The van der Waals surface area contributed by atoms with Crippen LogP contribution < -0.4 is 26.1 Å². The smallest absolute Gasteiger partial charge is 0.251 e. The van der Waals surface area contributed by atoms with Gasteiger partial charge in [-0.3, -0.25) is 9.69 Å². The summed E-state index contributed by atoms with van der Waals surface area (Å²) in [6.45, 7) is 1.77. The van der Waals surface area contributed by atoms with Gasteiger partial charge in [0.25, 0.3) is 5.91 Å². The average Bonchev–Trinajstić information content (AvgIpc) is 3.66. The van der Waals surface area contributed by atoms with E-state index in [2.05, 4.69) is 38.3 Å². The SMILES string of the molecule is CN1C(CNc2cccc(C(=O)NC3COc4cc(F)ccc43)c2)NN(C2CCCCCCC2)C1C1CCNC2(CCCCCCCCCC2)C1F. The zero-order chi connectivity index (χ0) is 35.9. The first-order chi connectivity index (χ1) is 25.4. The number of amides is 1. The Balaban J connectivity index is 1.05. The molecule has 52 heavy (non-hydrogen) atoms. The Morgan fingerprint density at radius 1 is 0.904 bits per heavy atom. The minimum absolute atomic E-state index is 0.0222. The molecule has 2 saturated carbocycles. The number of nitrogens with one attached hydrogen (secondary N) is 4. The Kier molecular flexibility index (Phi) is 12.7. The van der Waals surface area contributed by atoms with E-state index in [4.69, 9.17) is 4.74 Å². The minimum Gasteiger partial charge on any atom is -0.491 e. The van der Waals surface area contributed by atoms with E-state index in [1.54, 1.807) is 6.07 Å². The van der Waals surface area contributed by atoms with Gasteiger partial charge >= 0.3 is 0 Å². The molecule has 286 valence electrons. The number of rotatable bonds is 7. The summed E-state index contributed by atoms with van der Waals surface area (Å²) in [5.74, 6) is -0.157. The number of hydrazine groups is 1. The largest absolute Gasteiger partial charge is 0.491 e. The Bertz CT molecular complexity index is 1460. The van der Waals surface area contributed by atoms with Crippen LogP contribution in [0.4, 0.5) is 14.5 Å². The van der Waals surface area contributed by atoms with Crippen LogP contribution in [0, 0.1) is 11.7 Å². The summed E-state index contributed by atoms with van der Waals surface area (Å²) in [5.41, 5.74) is 5.68. The first-order valence-corrected chi connectivity index (χ1v) is 20.6. The van der Waals surface area contributed by atoms with Crippen LogP contribution in [0.2, 0.25) is 0 Å². The molecule has 0 bridgehead atoms. The van der Waals surface area contributed by atoms with E-state index < -0.39 is 11.7 Å². The van der Waals surface area contributed by atoms with Crippen molar-refractivity contribution in [1.29, 1.82) is 0 Å². The second-order valence-corrected chi connectivity index (χ2v) is 16.4. The Labute approximate surface area is 310 Å². The van der Waals surface area contributed by atoms with Crippen molar-refractivity contribution < 1.29 is 18.3 Å². The predicted molar refractivity (Wildman–Crippen MR) is 203 cm³/mol. The number of halogens is 2. The number of anilines is 1. The molecule has 7 rings (SSSR count). The second kappa shape index (κ2) is 17.6. The van der Waals surface area contributed by atoms with Gasteiger partial charge in [0.1, 0.15) is 24.3 Å². The van der Waals surface area contributed by atoms with E-state index in [1.165, 1.54) is 82.8 Å². The van der Waals surface area contributed by atoms with Crippen LogP contribution in [0.5, 0.6) is 5.75 Å². The van der Waals surface area contributed by atoms with Gasteiger partial charge in [-0.25, -0.2) is 19.2 Å². The zero-order valence-electron chi connectivity index (χ0n) is 31.3. The van der Waals surface area contributed by atoms with Gasteiger partial charge in [-0.1, -0.05) is 95.6 Å². The molecule has 5 unspecified atom stereocenters. The van der Waals surface area contributed by atoms with Gasteiger partial charge in [0.05, 0.1) is 18.4 Å². The van der Waals surface area contributed by atoms with Crippen LogP contribution in [0.25, 0.3) is 0 Å². The monoisotopic (exact) mass is 720 g/mol. The van der Waals surface area contributed by atoms with Crippen LogP contribution >= 0.6 is 0 Å². The molecular weight excluding hydrogens is 658 g/mol. The molecule has 2 saturated heterocycles. The van der Waals surface area contributed by atoms with E-state index in [0.717, 1.165) is 62.7 Å². The fraction of sp³-hybridized carbons (Fsp3) is 0.690. The van der Waals surface area contributed by atoms with Crippen LogP contribution in [0.1, 0.15) is 138 Å². The van der Waals surface area contributed by atoms with E-state index in [9.17, 15) is 9.18 Å². The molecule has 1 spiro atoms. The molecule has 2 aromatic rings. The molecule has 2 aromatic carbocycles. The first-order valence-electron chi connectivity index (χ1n) is 20.6. The summed E-state index contributed by atoms with van der Waals surface area (Å²) < 4.78 is 36.8. The number of alkyl halides is 1. The van der Waals surface area contributed by atoms with Crippen molar-refractivity contribution in [3.63, 3.8) is 0 Å². The highest BCUT2D eigenvalue weighted by atomic mass is 19.1. The van der Waals surface area contributed by atoms with Gasteiger partial charge in [0.15, 0.2) is 0 Å². The third-order valence-corrected chi connectivity index (χ3v) is 12.9. The Morgan fingerprint density at radius 3 is 2.33 bits per heavy atom. The molecule has 3 aliphatic heterocycles. The number of nitrogens with zero attached hydrogens (tertiary/aromatic N) is 2. The topological polar surface area (TPSA) is 80.9 Å². The maximum absolute atomic E-state index is 17.5. The van der Waals surface area contributed by atoms with Gasteiger partial charge in [-0.05, 0) is 70.0 Å². The van der Waals surface area contributed by atoms with Crippen molar-refractivity contribution in [3.8, 4) is 5.75 Å². The van der Waals surface area contributed by atoms with Gasteiger partial charge in [0.2, 0.25) is 0 Å². The summed E-state index contributed by atoms with van der Waals surface area (Å²) in [6, 6.07) is 12.1. The first kappa shape index (κ1) is 37.5. The van der Waals surface area contributed by atoms with Crippen LogP contribution in [-0.4, -0.2) is 72.6 Å². The molecule has 3 heterocycles. The Morgan fingerprint density at radius 2 is 1.60 bits per heavy atom. The number of ether oxygens (including phenoxy) is 1. The predicted octanol–water partition coefficient (Wildman–Crippen LogP) is 8.22. The lowest BCUT2D eigenvalue weighted by Gasteiger charge is -2.50. The Hall–Kier alpha value is -2.79. The van der Waals surface area contributed by atoms with Crippen molar-refractivity contribution >= 4 is 11.6 Å². The van der Waals surface area contributed by atoms with Crippen molar-refractivity contribution in [3.05, 3.63) is 59.4 Å². The highest BCUT2D eigenvalue weighted by Gasteiger charge is 2.53. The molecule has 5 atom stereocenters. The number of benzene rings is 2. The molecular formula is C42H62F2N6O2. The second-order valence-electron chi connectivity index (χ2n) is 16.4. The van der Waals surface area contributed by atoms with Crippen LogP contribution in [-0.2, 0) is 0 Å². The van der Waals surface area contributed by atoms with Gasteiger partial charge < -0.3 is 20.7 Å². The van der Waals surface area contributed by atoms with Gasteiger partial charge in [-0.15, -0.1) is 0 Å². The molecule has 10 heteroatoms. The standard InChI is InChI=1S/C42H62F2N6O2/c1-49-38(28-45-32-17-15-16-30(26-32)40(51)47-36-29-52-37-27-31(43)20-21-34(36)37)48-50(33-18-11-7-6-8-12-19-33)41(49)35-22-25-46-42(39(35)44)23-13-9-4-2-3-5-10-14-24-42/h15-17,20-21,26-27,33,35-36,38-39,41,45-46,48H,2-14,18-19,22-25,28-29H2,1H3,(H,47,51). The lowest BCUT2D eigenvalue weighted by Crippen LogP contribution is -2.65. The molecule has 8 nitrogen and oxygen atoms in total. The third kappa shape index (κ3) is 8.61. The summed E-state index contributed by atoms with van der Waals surface area (Å²) in [7, 11) is 2.18. The highest BCUT2D eigenvalue weighted by molar-refractivity contribution is 5.95. The van der Waals surface area contributed by atoms with Gasteiger partial charge in [0, 0.05) is 46.9 Å². The molecule has 2 aliphatic carbocycles. The quantitative estimate of drug-likeness (QED) is 0.230. The van der Waals surface area contributed by atoms with Crippen LogP contribution in [0.3, 0.4) is 0 Å². The summed E-state index contributed by atoms with van der Waals surface area (Å²) in [5, 5.41) is 13.0. The zero-order valence-corrected chi connectivity index (χ0v) is 31.3. The number of hydrogen-bond donors (Lipinski definition) is 4. The maximum Gasteiger partial charge on any atom is 0.251 e. The molecule has 4 N–H and O–H groups in total. The summed E-state index contributed by atoms with van der Waals surface area (Å²) in [6.07, 6.45) is 20.2. The molecule has 5 aliphatic rings. The maximum atomic E-state index is 17.5. The van der Waals surface area contributed by atoms with Crippen molar-refractivity contribution in [2.75, 3.05) is 32.1 Å². The third-order valence-electron chi connectivity index (χ3n) is 12.9. The number of piperidine rings is 1. The minimum atomic E-state index is -0.898. The summed E-state index contributed by atoms with van der Waals surface area (Å²) in [4.78, 5) is 15.8. The number of fused-ring (bicyclic) bond motifs is 1. The van der Waals surface area contributed by atoms with Crippen molar-refractivity contribution in [1.82, 2.24) is 26.0 Å². The normalized spacial score (nSPS) is 29.7. The van der Waals surface area contributed by atoms with Gasteiger partial charge in [-0.2, -0.15) is 0 Å². The fourth-order valence-electron chi connectivity index (χ4n) is 9.94. The van der Waals surface area contributed by atoms with Crippen molar-refractivity contribution in [2.24, 2.45) is 5.92 Å². The summed E-state index contributed by atoms with van der Waals surface area (Å²) >= 11 is 0. The number of carbonyl (C=O) groups is 1. The lowest BCUT2D eigenvalue weighted by molar-refractivity contribution is -0.0530. The molecule has 4 fully saturated rings.